The zero-order valence-electron chi connectivity index (χ0n) is 15.4. The zero-order valence-corrected chi connectivity index (χ0v) is 15.4. The maximum atomic E-state index is 5.84. The van der Waals surface area contributed by atoms with E-state index in [2.05, 4.69) is 32.2 Å². The quantitative estimate of drug-likeness (QED) is 0.712. The summed E-state index contributed by atoms with van der Waals surface area (Å²) in [7, 11) is 0. The normalized spacial score (nSPS) is 12.4. The van der Waals surface area contributed by atoms with Crippen molar-refractivity contribution in [1.29, 1.82) is 0 Å². The second-order valence-electron chi connectivity index (χ2n) is 6.47. The molecule has 2 rings (SSSR count). The number of furan rings is 1. The lowest BCUT2D eigenvalue weighted by atomic mass is 10.1. The van der Waals surface area contributed by atoms with E-state index in [1.165, 1.54) is 0 Å². The van der Waals surface area contributed by atoms with Gasteiger partial charge >= 0.3 is 0 Å². The van der Waals surface area contributed by atoms with Crippen LogP contribution in [0.3, 0.4) is 0 Å². The van der Waals surface area contributed by atoms with Crippen LogP contribution in [0.15, 0.2) is 34.7 Å². The third-order valence-electron chi connectivity index (χ3n) is 3.68. The first-order valence-corrected chi connectivity index (χ1v) is 8.67. The highest BCUT2D eigenvalue weighted by Gasteiger charge is 2.11. The first-order chi connectivity index (χ1) is 11.5. The summed E-state index contributed by atoms with van der Waals surface area (Å²) in [5.74, 6) is 3.99. The SMILES string of the molecule is CCOc1cc(CNC(C)c2ccc(C)o2)ccc1OCC(C)C. The number of nitrogens with one attached hydrogen (secondary N) is 1. The summed E-state index contributed by atoms with van der Waals surface area (Å²) in [5, 5.41) is 3.48. The number of ether oxygens (including phenoxy) is 2. The first kappa shape index (κ1) is 18.4. The third kappa shape index (κ3) is 5.31. The molecule has 0 aliphatic rings. The Balaban J connectivity index is 2.00. The molecule has 2 aromatic rings. The molecule has 4 nitrogen and oxygen atoms in total. The Morgan fingerprint density at radius 3 is 2.46 bits per heavy atom. The molecule has 0 aliphatic heterocycles. The van der Waals surface area contributed by atoms with Crippen molar-refractivity contribution < 1.29 is 13.9 Å². The Morgan fingerprint density at radius 2 is 1.83 bits per heavy atom. The van der Waals surface area contributed by atoms with Crippen molar-refractivity contribution in [1.82, 2.24) is 5.32 Å². The van der Waals surface area contributed by atoms with E-state index in [-0.39, 0.29) is 6.04 Å². The third-order valence-corrected chi connectivity index (χ3v) is 3.68. The molecule has 24 heavy (non-hydrogen) atoms. The smallest absolute Gasteiger partial charge is 0.161 e. The van der Waals surface area contributed by atoms with Crippen LogP contribution >= 0.6 is 0 Å². The molecule has 1 aromatic carbocycles. The maximum absolute atomic E-state index is 5.84. The molecule has 0 radical (unpaired) electrons. The Morgan fingerprint density at radius 1 is 1.04 bits per heavy atom. The number of rotatable bonds is 9. The minimum atomic E-state index is 0.158. The highest BCUT2D eigenvalue weighted by Crippen LogP contribution is 2.29. The van der Waals surface area contributed by atoms with Crippen LogP contribution in [0.5, 0.6) is 11.5 Å². The predicted octanol–water partition coefficient (Wildman–Crippen LogP) is 4.87. The maximum Gasteiger partial charge on any atom is 0.161 e. The van der Waals surface area contributed by atoms with Crippen LogP contribution in [0.25, 0.3) is 0 Å². The number of aryl methyl sites for hydroxylation is 1. The van der Waals surface area contributed by atoms with Crippen LogP contribution in [0, 0.1) is 12.8 Å². The standard InChI is InChI=1S/C20H29NO3/c1-6-22-20-11-17(8-10-19(20)23-13-14(2)3)12-21-16(5)18-9-7-15(4)24-18/h7-11,14,16,21H,6,12-13H2,1-5H3. The number of hydrogen-bond donors (Lipinski definition) is 1. The van der Waals surface area contributed by atoms with Crippen molar-refractivity contribution in [3.05, 3.63) is 47.4 Å². The van der Waals surface area contributed by atoms with Gasteiger partial charge in [-0.3, -0.25) is 0 Å². The fourth-order valence-electron chi connectivity index (χ4n) is 2.36. The molecule has 0 fully saturated rings. The lowest BCUT2D eigenvalue weighted by molar-refractivity contribution is 0.248. The second kappa shape index (κ2) is 8.78. The van der Waals surface area contributed by atoms with E-state index in [1.807, 2.05) is 38.1 Å². The molecule has 0 amide bonds. The summed E-state index contributed by atoms with van der Waals surface area (Å²) in [6.07, 6.45) is 0. The van der Waals surface area contributed by atoms with E-state index in [0.717, 1.165) is 35.1 Å². The van der Waals surface area contributed by atoms with Crippen LogP contribution in [0.1, 0.15) is 50.8 Å². The molecular formula is C20H29NO3. The van der Waals surface area contributed by atoms with Crippen LogP contribution in [-0.4, -0.2) is 13.2 Å². The van der Waals surface area contributed by atoms with Gasteiger partial charge in [0, 0.05) is 6.54 Å². The Labute approximate surface area is 145 Å². The van der Waals surface area contributed by atoms with E-state index in [4.69, 9.17) is 13.9 Å². The summed E-state index contributed by atoms with van der Waals surface area (Å²) in [6.45, 7) is 12.4. The van der Waals surface area contributed by atoms with Crippen molar-refractivity contribution in [2.45, 2.75) is 47.2 Å². The second-order valence-corrected chi connectivity index (χ2v) is 6.47. The van der Waals surface area contributed by atoms with Gasteiger partial charge in [0.2, 0.25) is 0 Å². The first-order valence-electron chi connectivity index (χ1n) is 8.67. The van der Waals surface area contributed by atoms with E-state index in [9.17, 15) is 0 Å². The van der Waals surface area contributed by atoms with Gasteiger partial charge in [0.05, 0.1) is 19.3 Å². The van der Waals surface area contributed by atoms with E-state index >= 15 is 0 Å². The molecule has 132 valence electrons. The molecule has 0 aliphatic carbocycles. The molecule has 1 heterocycles. The summed E-state index contributed by atoms with van der Waals surface area (Å²) in [6, 6.07) is 10.3. The number of hydrogen-bond acceptors (Lipinski definition) is 4. The topological polar surface area (TPSA) is 43.6 Å². The molecule has 0 saturated carbocycles. The van der Waals surface area contributed by atoms with E-state index < -0.39 is 0 Å². The minimum Gasteiger partial charge on any atom is -0.490 e. The Bertz CT molecular complexity index is 634. The molecule has 0 spiro atoms. The molecule has 4 heteroatoms. The van der Waals surface area contributed by atoms with Crippen LogP contribution in [-0.2, 0) is 6.54 Å². The van der Waals surface area contributed by atoms with Crippen molar-refractivity contribution in [3.8, 4) is 11.5 Å². The largest absolute Gasteiger partial charge is 0.490 e. The van der Waals surface area contributed by atoms with Gasteiger partial charge in [-0.05, 0) is 56.5 Å². The Hall–Kier alpha value is -1.94. The molecule has 0 bridgehead atoms. The summed E-state index contributed by atoms with van der Waals surface area (Å²) in [5.41, 5.74) is 1.16. The zero-order chi connectivity index (χ0) is 17.5. The van der Waals surface area contributed by atoms with E-state index in [1.54, 1.807) is 0 Å². The van der Waals surface area contributed by atoms with Gasteiger partial charge < -0.3 is 19.2 Å². The highest BCUT2D eigenvalue weighted by atomic mass is 16.5. The van der Waals surface area contributed by atoms with Gasteiger partial charge in [-0.1, -0.05) is 19.9 Å². The summed E-state index contributed by atoms with van der Waals surface area (Å²) >= 11 is 0. The molecule has 1 unspecified atom stereocenters. The fourth-order valence-corrected chi connectivity index (χ4v) is 2.36. The van der Waals surface area contributed by atoms with Crippen LogP contribution in [0.2, 0.25) is 0 Å². The van der Waals surface area contributed by atoms with Gasteiger partial charge in [0.25, 0.3) is 0 Å². The lowest BCUT2D eigenvalue weighted by Gasteiger charge is -2.16. The minimum absolute atomic E-state index is 0.158. The van der Waals surface area contributed by atoms with Gasteiger partial charge in [-0.15, -0.1) is 0 Å². The van der Waals surface area contributed by atoms with E-state index in [0.29, 0.717) is 19.1 Å². The molecule has 1 N–H and O–H groups in total. The average Bonchev–Trinajstić information content (AvgIpc) is 2.98. The van der Waals surface area contributed by atoms with Crippen LogP contribution < -0.4 is 14.8 Å². The lowest BCUT2D eigenvalue weighted by Crippen LogP contribution is -2.17. The van der Waals surface area contributed by atoms with Crippen molar-refractivity contribution in [2.24, 2.45) is 5.92 Å². The molecular weight excluding hydrogens is 302 g/mol. The fraction of sp³-hybridized carbons (Fsp3) is 0.500. The van der Waals surface area contributed by atoms with Gasteiger partial charge in [-0.2, -0.15) is 0 Å². The van der Waals surface area contributed by atoms with Crippen molar-refractivity contribution in [3.63, 3.8) is 0 Å². The summed E-state index contributed by atoms with van der Waals surface area (Å²) in [4.78, 5) is 0. The van der Waals surface area contributed by atoms with Crippen molar-refractivity contribution >= 4 is 0 Å². The molecule has 0 saturated heterocycles. The van der Waals surface area contributed by atoms with Gasteiger partial charge in [0.15, 0.2) is 11.5 Å². The molecule has 1 atom stereocenters. The number of benzene rings is 1. The van der Waals surface area contributed by atoms with Crippen LogP contribution in [0.4, 0.5) is 0 Å². The van der Waals surface area contributed by atoms with Gasteiger partial charge in [0.1, 0.15) is 11.5 Å². The predicted molar refractivity (Wildman–Crippen MR) is 96.6 cm³/mol. The average molecular weight is 331 g/mol. The summed E-state index contributed by atoms with van der Waals surface area (Å²) < 4.78 is 17.2. The monoisotopic (exact) mass is 331 g/mol. The van der Waals surface area contributed by atoms with Crippen molar-refractivity contribution in [2.75, 3.05) is 13.2 Å². The highest BCUT2D eigenvalue weighted by molar-refractivity contribution is 5.43. The molecule has 1 aromatic heterocycles. The van der Waals surface area contributed by atoms with Gasteiger partial charge in [-0.25, -0.2) is 0 Å². The Kier molecular flexibility index (Phi) is 6.73.